The molecule has 0 radical (unpaired) electrons. The molecule has 0 spiro atoms. The van der Waals surface area contributed by atoms with E-state index in [1.165, 1.54) is 18.2 Å². The van der Waals surface area contributed by atoms with Gasteiger partial charge in [0, 0.05) is 24.9 Å². The molecule has 4 aromatic rings. The molecular formula is C30H27F3N4O. The lowest BCUT2D eigenvalue weighted by molar-refractivity contribution is -0.124. The molecule has 194 valence electrons. The molecule has 1 fully saturated rings. The summed E-state index contributed by atoms with van der Waals surface area (Å²) in [6.45, 7) is 0. The van der Waals surface area contributed by atoms with Crippen LogP contribution >= 0.6 is 0 Å². The van der Waals surface area contributed by atoms with E-state index in [9.17, 15) is 18.0 Å². The highest BCUT2D eigenvalue weighted by Crippen LogP contribution is 2.49. The number of benzene rings is 3. The monoisotopic (exact) mass is 516 g/mol. The first kappa shape index (κ1) is 25.5. The van der Waals surface area contributed by atoms with Crippen molar-refractivity contribution in [1.82, 2.24) is 15.7 Å². The Hall–Kier alpha value is -4.17. The number of anilines is 1. The first-order valence-electron chi connectivity index (χ1n) is 12.4. The van der Waals surface area contributed by atoms with Gasteiger partial charge in [-0.3, -0.25) is 9.78 Å². The number of hydrogen-bond donors (Lipinski definition) is 3. The first-order valence-corrected chi connectivity index (χ1v) is 12.4. The highest BCUT2D eigenvalue weighted by atomic mass is 19.1. The molecule has 1 saturated carbocycles. The molecule has 5 nitrogen and oxygen atoms in total. The molecule has 0 bridgehead atoms. The Morgan fingerprint density at radius 3 is 2.37 bits per heavy atom. The number of nitrogens with one attached hydrogen (secondary N) is 3. The average molecular weight is 517 g/mol. The largest absolute Gasteiger partial charge is 0.347 e. The fraction of sp³-hybridized carbons (Fsp3) is 0.200. The van der Waals surface area contributed by atoms with Gasteiger partial charge in [-0.1, -0.05) is 42.5 Å². The Bertz CT molecular complexity index is 1440. The minimum absolute atomic E-state index is 0.109. The third kappa shape index (κ3) is 5.26. The molecule has 0 saturated heterocycles. The Labute approximate surface area is 219 Å². The Morgan fingerprint density at radius 2 is 1.68 bits per heavy atom. The molecule has 1 aliphatic carbocycles. The number of carbonyl (C=O) groups is 1. The molecular weight excluding hydrogens is 489 g/mol. The lowest BCUT2D eigenvalue weighted by atomic mass is 9.92. The molecule has 1 aromatic heterocycles. The number of pyridine rings is 1. The van der Waals surface area contributed by atoms with Crippen LogP contribution in [-0.2, 0) is 16.6 Å². The van der Waals surface area contributed by atoms with Crippen molar-refractivity contribution < 1.29 is 18.0 Å². The zero-order valence-electron chi connectivity index (χ0n) is 20.8. The van der Waals surface area contributed by atoms with E-state index >= 15 is 0 Å². The van der Waals surface area contributed by atoms with Crippen molar-refractivity contribution in [2.24, 2.45) is 0 Å². The molecule has 0 unspecified atom stereocenters. The third-order valence-corrected chi connectivity index (χ3v) is 6.88. The van der Waals surface area contributed by atoms with Gasteiger partial charge in [0.25, 0.3) is 0 Å². The highest BCUT2D eigenvalue weighted by Gasteiger charge is 2.51. The second-order valence-electron chi connectivity index (χ2n) is 9.46. The molecule has 1 heterocycles. The van der Waals surface area contributed by atoms with Crippen LogP contribution in [0.25, 0.3) is 11.1 Å². The van der Waals surface area contributed by atoms with Gasteiger partial charge < -0.3 is 10.7 Å². The second kappa shape index (κ2) is 10.7. The molecule has 38 heavy (non-hydrogen) atoms. The van der Waals surface area contributed by atoms with Crippen molar-refractivity contribution in [3.63, 3.8) is 0 Å². The number of carbonyl (C=O) groups excluding carboxylic acids is 1. The first-order chi connectivity index (χ1) is 18.4. The number of halogens is 3. The Kier molecular flexibility index (Phi) is 7.15. The second-order valence-corrected chi connectivity index (χ2v) is 9.46. The van der Waals surface area contributed by atoms with Crippen LogP contribution < -0.4 is 16.2 Å². The fourth-order valence-electron chi connectivity index (χ4n) is 4.87. The molecule has 1 atom stereocenters. The van der Waals surface area contributed by atoms with Gasteiger partial charge in [-0.15, -0.1) is 0 Å². The van der Waals surface area contributed by atoms with E-state index < -0.39 is 28.9 Å². The smallest absolute Gasteiger partial charge is 0.231 e. The van der Waals surface area contributed by atoms with Crippen molar-refractivity contribution in [2.75, 3.05) is 12.5 Å². The van der Waals surface area contributed by atoms with Crippen LogP contribution in [0.2, 0.25) is 0 Å². The van der Waals surface area contributed by atoms with E-state index in [2.05, 4.69) is 21.2 Å². The molecule has 1 aliphatic rings. The normalized spacial score (nSPS) is 14.5. The molecule has 3 N–H and O–H groups in total. The fourth-order valence-corrected chi connectivity index (χ4v) is 4.87. The van der Waals surface area contributed by atoms with Gasteiger partial charge in [0.15, 0.2) is 0 Å². The summed E-state index contributed by atoms with van der Waals surface area (Å²) in [4.78, 5) is 18.3. The summed E-state index contributed by atoms with van der Waals surface area (Å²) in [5.41, 5.74) is 8.23. The molecule has 1 amide bonds. The number of aromatic nitrogens is 1. The van der Waals surface area contributed by atoms with Gasteiger partial charge in [0.1, 0.15) is 17.5 Å². The summed E-state index contributed by atoms with van der Waals surface area (Å²) in [6, 6.07) is 20.4. The van der Waals surface area contributed by atoms with Crippen LogP contribution in [0.3, 0.4) is 0 Å². The van der Waals surface area contributed by atoms with Crippen LogP contribution in [0, 0.1) is 17.5 Å². The van der Waals surface area contributed by atoms with E-state index in [1.54, 1.807) is 31.4 Å². The maximum absolute atomic E-state index is 14.3. The molecule has 0 aliphatic heterocycles. The summed E-state index contributed by atoms with van der Waals surface area (Å²) in [5, 5.41) is 3.13. The van der Waals surface area contributed by atoms with Crippen LogP contribution in [0.1, 0.15) is 35.7 Å². The van der Waals surface area contributed by atoms with Crippen LogP contribution in [0.5, 0.6) is 0 Å². The van der Waals surface area contributed by atoms with E-state index in [-0.39, 0.29) is 18.0 Å². The van der Waals surface area contributed by atoms with E-state index in [4.69, 9.17) is 0 Å². The number of rotatable bonds is 9. The lowest BCUT2D eigenvalue weighted by Crippen LogP contribution is -2.38. The van der Waals surface area contributed by atoms with Crippen LogP contribution in [0.4, 0.5) is 18.9 Å². The van der Waals surface area contributed by atoms with Gasteiger partial charge in [0.2, 0.25) is 5.91 Å². The summed E-state index contributed by atoms with van der Waals surface area (Å²) in [6.07, 6.45) is 3.12. The summed E-state index contributed by atoms with van der Waals surface area (Å²) >= 11 is 0. The van der Waals surface area contributed by atoms with Gasteiger partial charge >= 0.3 is 0 Å². The SMILES string of the molecule is CNNc1cc(-c2cccnc2[C@H](Cc2cc(F)cc(F)c2)NC(=O)C2(c3ccccc3)CC2)ccc1F. The van der Waals surface area contributed by atoms with Gasteiger partial charge in [-0.25, -0.2) is 18.6 Å². The standard InChI is InChI=1S/C30H27F3N4O/c1-34-37-26-17-20(9-10-25(26)33)24-8-5-13-35-28(24)27(16-19-14-22(31)18-23(32)15-19)36-29(38)30(11-12-30)21-6-3-2-4-7-21/h2-10,13-15,17-18,27,34,37H,11-12,16H2,1H3,(H,36,38)/t27-/m0/s1. The predicted octanol–water partition coefficient (Wildman–Crippen LogP) is 5.84. The maximum Gasteiger partial charge on any atom is 0.231 e. The Balaban J connectivity index is 1.55. The number of nitrogens with zero attached hydrogens (tertiary/aromatic N) is 1. The minimum Gasteiger partial charge on any atom is -0.347 e. The van der Waals surface area contributed by atoms with Crippen molar-refractivity contribution in [3.05, 3.63) is 119 Å². The van der Waals surface area contributed by atoms with Crippen molar-refractivity contribution in [3.8, 4) is 11.1 Å². The van der Waals surface area contributed by atoms with Crippen molar-refractivity contribution >= 4 is 11.6 Å². The molecule has 5 rings (SSSR count). The zero-order valence-corrected chi connectivity index (χ0v) is 20.8. The van der Waals surface area contributed by atoms with Gasteiger partial charge in [-0.2, -0.15) is 0 Å². The van der Waals surface area contributed by atoms with Crippen molar-refractivity contribution in [2.45, 2.75) is 30.7 Å². The maximum atomic E-state index is 14.3. The highest BCUT2D eigenvalue weighted by molar-refractivity contribution is 5.91. The minimum atomic E-state index is -0.702. The Morgan fingerprint density at radius 1 is 0.947 bits per heavy atom. The quantitative estimate of drug-likeness (QED) is 0.245. The van der Waals surface area contributed by atoms with Crippen LogP contribution in [0.15, 0.2) is 85.1 Å². The average Bonchev–Trinajstić information content (AvgIpc) is 3.72. The number of hydrazine groups is 1. The molecule has 8 heteroatoms. The van der Waals surface area contributed by atoms with Crippen LogP contribution in [-0.4, -0.2) is 17.9 Å². The lowest BCUT2D eigenvalue weighted by Gasteiger charge is -2.25. The van der Waals surface area contributed by atoms with Gasteiger partial charge in [0.05, 0.1) is 22.8 Å². The van der Waals surface area contributed by atoms with E-state index in [0.29, 0.717) is 35.2 Å². The summed E-state index contributed by atoms with van der Waals surface area (Å²) in [7, 11) is 1.63. The topological polar surface area (TPSA) is 66.1 Å². The zero-order chi connectivity index (χ0) is 26.7. The van der Waals surface area contributed by atoms with E-state index in [1.807, 2.05) is 36.4 Å². The summed E-state index contributed by atoms with van der Waals surface area (Å²) < 4.78 is 42.5. The van der Waals surface area contributed by atoms with E-state index in [0.717, 1.165) is 11.6 Å². The van der Waals surface area contributed by atoms with Crippen molar-refractivity contribution in [1.29, 1.82) is 0 Å². The number of amides is 1. The molecule has 3 aromatic carbocycles. The van der Waals surface area contributed by atoms with Gasteiger partial charge in [-0.05, 0) is 66.3 Å². The predicted molar refractivity (Wildman–Crippen MR) is 141 cm³/mol. The summed E-state index contributed by atoms with van der Waals surface area (Å²) in [5.74, 6) is -2.00. The number of hydrogen-bond acceptors (Lipinski definition) is 4. The third-order valence-electron chi connectivity index (χ3n) is 6.88.